The number of nitrogens with zero attached hydrogens (tertiary/aromatic N) is 1. The SMILES string of the molecule is CS(=O)(=O)c1ccc(C=CC2=NNC(=O)CC2)cc1. The van der Waals surface area contributed by atoms with E-state index in [2.05, 4.69) is 10.5 Å². The lowest BCUT2D eigenvalue weighted by molar-refractivity contribution is -0.121. The zero-order valence-corrected chi connectivity index (χ0v) is 11.3. The van der Waals surface area contributed by atoms with Crippen molar-refractivity contribution in [3.05, 3.63) is 35.9 Å². The topological polar surface area (TPSA) is 75.6 Å². The third-order valence-electron chi connectivity index (χ3n) is 2.71. The number of rotatable bonds is 3. The van der Waals surface area contributed by atoms with E-state index in [0.717, 1.165) is 11.3 Å². The number of amides is 1. The molecular weight excluding hydrogens is 264 g/mol. The first-order valence-electron chi connectivity index (χ1n) is 5.79. The molecule has 0 saturated heterocycles. The summed E-state index contributed by atoms with van der Waals surface area (Å²) in [6.07, 6.45) is 5.88. The van der Waals surface area contributed by atoms with Gasteiger partial charge < -0.3 is 0 Å². The van der Waals surface area contributed by atoms with Crippen molar-refractivity contribution in [2.75, 3.05) is 6.26 Å². The fraction of sp³-hybridized carbons (Fsp3) is 0.231. The van der Waals surface area contributed by atoms with E-state index in [4.69, 9.17) is 0 Å². The van der Waals surface area contributed by atoms with E-state index >= 15 is 0 Å². The van der Waals surface area contributed by atoms with Gasteiger partial charge in [0, 0.05) is 19.1 Å². The standard InChI is InChI=1S/C13H14N2O3S/c1-19(17,18)12-7-3-10(4-8-12)2-5-11-6-9-13(16)15-14-11/h2-5,7-8H,6,9H2,1H3,(H,15,16). The molecule has 2 rings (SSSR count). The van der Waals surface area contributed by atoms with E-state index in [1.165, 1.54) is 6.26 Å². The maximum absolute atomic E-state index is 11.3. The zero-order chi connectivity index (χ0) is 13.9. The van der Waals surface area contributed by atoms with Gasteiger partial charge in [-0.1, -0.05) is 18.2 Å². The number of nitrogens with one attached hydrogen (secondary N) is 1. The predicted octanol–water partition coefficient (Wildman–Crippen LogP) is 1.37. The highest BCUT2D eigenvalue weighted by molar-refractivity contribution is 7.90. The molecule has 0 spiro atoms. The molecule has 0 fully saturated rings. The Morgan fingerprint density at radius 1 is 1.16 bits per heavy atom. The normalized spacial score (nSPS) is 16.3. The van der Waals surface area contributed by atoms with Gasteiger partial charge in [-0.25, -0.2) is 13.8 Å². The highest BCUT2D eigenvalue weighted by atomic mass is 32.2. The molecule has 5 nitrogen and oxygen atoms in total. The fourth-order valence-corrected chi connectivity index (χ4v) is 2.26. The van der Waals surface area contributed by atoms with E-state index in [1.54, 1.807) is 24.3 Å². The molecule has 1 heterocycles. The van der Waals surface area contributed by atoms with Crippen LogP contribution in [0.5, 0.6) is 0 Å². The molecule has 0 aromatic heterocycles. The molecule has 19 heavy (non-hydrogen) atoms. The summed E-state index contributed by atoms with van der Waals surface area (Å²) in [6.45, 7) is 0. The summed E-state index contributed by atoms with van der Waals surface area (Å²) in [6, 6.07) is 6.60. The third kappa shape index (κ3) is 3.75. The average Bonchev–Trinajstić information content (AvgIpc) is 2.37. The number of carbonyl (C=O) groups is 1. The monoisotopic (exact) mass is 278 g/mol. The molecular formula is C13H14N2O3S. The second-order valence-corrected chi connectivity index (χ2v) is 6.33. The Labute approximate surface area is 111 Å². The Kier molecular flexibility index (Phi) is 3.80. The summed E-state index contributed by atoms with van der Waals surface area (Å²) < 4.78 is 22.6. The summed E-state index contributed by atoms with van der Waals surface area (Å²) >= 11 is 0. The second kappa shape index (κ2) is 5.36. The van der Waals surface area contributed by atoms with Crippen LogP contribution in [0.25, 0.3) is 6.08 Å². The van der Waals surface area contributed by atoms with Crippen molar-refractivity contribution in [2.45, 2.75) is 17.7 Å². The molecule has 0 saturated carbocycles. The number of carbonyl (C=O) groups excluding carboxylic acids is 1. The van der Waals surface area contributed by atoms with Gasteiger partial charge in [-0.3, -0.25) is 4.79 Å². The first-order chi connectivity index (χ1) is 8.95. The molecule has 0 aliphatic carbocycles. The van der Waals surface area contributed by atoms with Crippen molar-refractivity contribution in [3.8, 4) is 0 Å². The van der Waals surface area contributed by atoms with Crippen LogP contribution in [0.15, 0.2) is 40.3 Å². The van der Waals surface area contributed by atoms with Gasteiger partial charge in [0.25, 0.3) is 0 Å². The Bertz CT molecular complexity index is 643. The summed E-state index contributed by atoms with van der Waals surface area (Å²) in [5.41, 5.74) is 4.10. The van der Waals surface area contributed by atoms with Gasteiger partial charge in [0.2, 0.25) is 5.91 Å². The molecule has 6 heteroatoms. The minimum absolute atomic E-state index is 0.0744. The maximum Gasteiger partial charge on any atom is 0.240 e. The number of allylic oxidation sites excluding steroid dienone is 1. The smallest absolute Gasteiger partial charge is 0.240 e. The van der Waals surface area contributed by atoms with Crippen LogP contribution in [0.1, 0.15) is 18.4 Å². The lowest BCUT2D eigenvalue weighted by atomic mass is 10.1. The highest BCUT2D eigenvalue weighted by Crippen LogP contribution is 2.12. The van der Waals surface area contributed by atoms with Crippen molar-refractivity contribution in [3.63, 3.8) is 0 Å². The van der Waals surface area contributed by atoms with Gasteiger partial charge in [-0.2, -0.15) is 5.10 Å². The minimum atomic E-state index is -3.16. The van der Waals surface area contributed by atoms with E-state index in [-0.39, 0.29) is 5.91 Å². The second-order valence-electron chi connectivity index (χ2n) is 4.31. The van der Waals surface area contributed by atoms with Crippen LogP contribution >= 0.6 is 0 Å². The summed E-state index contributed by atoms with van der Waals surface area (Å²) in [5.74, 6) is -0.0744. The molecule has 100 valence electrons. The average molecular weight is 278 g/mol. The molecule has 1 amide bonds. The largest absolute Gasteiger partial charge is 0.273 e. The number of benzene rings is 1. The fourth-order valence-electron chi connectivity index (χ4n) is 1.63. The molecule has 1 aliphatic rings. The highest BCUT2D eigenvalue weighted by Gasteiger charge is 2.08. The van der Waals surface area contributed by atoms with Gasteiger partial charge in [-0.05, 0) is 23.8 Å². The number of hydrogen-bond donors (Lipinski definition) is 1. The summed E-state index contributed by atoms with van der Waals surface area (Å²) in [4.78, 5) is 11.2. The van der Waals surface area contributed by atoms with Gasteiger partial charge in [0.15, 0.2) is 9.84 Å². The Hall–Kier alpha value is -1.95. The molecule has 1 aliphatic heterocycles. The number of hydrazone groups is 1. The molecule has 1 aromatic carbocycles. The lowest BCUT2D eigenvalue weighted by Gasteiger charge is -2.08. The van der Waals surface area contributed by atoms with Crippen LogP contribution in [0.4, 0.5) is 0 Å². The van der Waals surface area contributed by atoms with Gasteiger partial charge in [-0.15, -0.1) is 0 Å². The summed E-state index contributed by atoms with van der Waals surface area (Å²) in [5, 5.41) is 3.92. The van der Waals surface area contributed by atoms with Crippen LogP contribution in [0, 0.1) is 0 Å². The van der Waals surface area contributed by atoms with Gasteiger partial charge >= 0.3 is 0 Å². The van der Waals surface area contributed by atoms with Crippen molar-refractivity contribution in [1.82, 2.24) is 5.43 Å². The Morgan fingerprint density at radius 2 is 1.84 bits per heavy atom. The van der Waals surface area contributed by atoms with Crippen LogP contribution < -0.4 is 5.43 Å². The van der Waals surface area contributed by atoms with Crippen LogP contribution in [0.3, 0.4) is 0 Å². The van der Waals surface area contributed by atoms with Gasteiger partial charge in [0.05, 0.1) is 10.6 Å². The van der Waals surface area contributed by atoms with E-state index < -0.39 is 9.84 Å². The quantitative estimate of drug-likeness (QED) is 0.907. The predicted molar refractivity (Wildman–Crippen MR) is 73.4 cm³/mol. The molecule has 0 radical (unpaired) electrons. The Balaban J connectivity index is 2.10. The lowest BCUT2D eigenvalue weighted by Crippen LogP contribution is -2.24. The van der Waals surface area contributed by atoms with Crippen molar-refractivity contribution >= 4 is 27.5 Å². The van der Waals surface area contributed by atoms with Crippen LogP contribution in [-0.2, 0) is 14.6 Å². The van der Waals surface area contributed by atoms with E-state index in [1.807, 2.05) is 12.2 Å². The zero-order valence-electron chi connectivity index (χ0n) is 10.5. The first kappa shape index (κ1) is 13.5. The van der Waals surface area contributed by atoms with Crippen LogP contribution in [0.2, 0.25) is 0 Å². The molecule has 1 N–H and O–H groups in total. The number of hydrogen-bond acceptors (Lipinski definition) is 4. The van der Waals surface area contributed by atoms with Gasteiger partial charge in [0.1, 0.15) is 0 Å². The van der Waals surface area contributed by atoms with Crippen molar-refractivity contribution in [1.29, 1.82) is 0 Å². The van der Waals surface area contributed by atoms with Crippen molar-refractivity contribution in [2.24, 2.45) is 5.10 Å². The first-order valence-corrected chi connectivity index (χ1v) is 7.68. The molecule has 0 atom stereocenters. The minimum Gasteiger partial charge on any atom is -0.273 e. The Morgan fingerprint density at radius 3 is 2.37 bits per heavy atom. The maximum atomic E-state index is 11.3. The van der Waals surface area contributed by atoms with Crippen LogP contribution in [-0.4, -0.2) is 26.3 Å². The molecule has 0 unspecified atom stereocenters. The third-order valence-corrected chi connectivity index (χ3v) is 3.84. The number of sulfone groups is 1. The summed E-state index contributed by atoms with van der Waals surface area (Å²) in [7, 11) is -3.16. The van der Waals surface area contributed by atoms with E-state index in [0.29, 0.717) is 17.7 Å². The van der Waals surface area contributed by atoms with E-state index in [9.17, 15) is 13.2 Å². The van der Waals surface area contributed by atoms with Crippen molar-refractivity contribution < 1.29 is 13.2 Å². The molecule has 0 bridgehead atoms. The molecule has 1 aromatic rings.